The first-order valence-corrected chi connectivity index (χ1v) is 6.62. The average molecular weight is 255 g/mol. The quantitative estimate of drug-likeness (QED) is 0.895. The summed E-state index contributed by atoms with van der Waals surface area (Å²) in [5.74, 6) is 0. The molecule has 0 bridgehead atoms. The molecule has 0 aliphatic carbocycles. The van der Waals surface area contributed by atoms with Crippen molar-refractivity contribution in [1.29, 1.82) is 0 Å². The van der Waals surface area contributed by atoms with Crippen LogP contribution in [-0.2, 0) is 10.3 Å². The molecule has 1 fully saturated rings. The predicted octanol–water partition coefficient (Wildman–Crippen LogP) is 3.51. The van der Waals surface area contributed by atoms with Crippen LogP contribution in [0.25, 0.3) is 0 Å². The summed E-state index contributed by atoms with van der Waals surface area (Å²) < 4.78 is 5.67. The van der Waals surface area contributed by atoms with E-state index in [1.54, 1.807) is 0 Å². The van der Waals surface area contributed by atoms with E-state index in [0.29, 0.717) is 24.5 Å². The number of rotatable bonds is 3. The third-order valence-electron chi connectivity index (χ3n) is 3.43. The summed E-state index contributed by atoms with van der Waals surface area (Å²) >= 11 is 5.87. The minimum absolute atomic E-state index is 0.175. The average Bonchev–Trinajstić information content (AvgIpc) is 2.30. The van der Waals surface area contributed by atoms with Gasteiger partial charge in [0, 0.05) is 17.9 Å². The first kappa shape index (κ1) is 12.9. The molecule has 2 unspecified atom stereocenters. The van der Waals surface area contributed by atoms with Crippen LogP contribution in [0.4, 0.5) is 0 Å². The Kier molecular flexibility index (Phi) is 4.08. The topological polar surface area (TPSA) is 29.5 Å². The SMILES string of the molecule is CCCC1CC(O)(c2ccc(Cl)cc2)CCO1. The van der Waals surface area contributed by atoms with Gasteiger partial charge in [0.1, 0.15) is 0 Å². The predicted molar refractivity (Wildman–Crippen MR) is 69.2 cm³/mol. The van der Waals surface area contributed by atoms with Gasteiger partial charge in [-0.25, -0.2) is 0 Å². The zero-order valence-electron chi connectivity index (χ0n) is 10.2. The number of ether oxygens (including phenoxy) is 1. The Morgan fingerprint density at radius 3 is 2.76 bits per heavy atom. The van der Waals surface area contributed by atoms with Crippen LogP contribution < -0.4 is 0 Å². The molecule has 17 heavy (non-hydrogen) atoms. The molecule has 1 aromatic rings. The smallest absolute Gasteiger partial charge is 0.0943 e. The number of halogens is 1. The molecule has 1 aromatic carbocycles. The maximum Gasteiger partial charge on any atom is 0.0943 e. The number of hydrogen-bond acceptors (Lipinski definition) is 2. The van der Waals surface area contributed by atoms with Crippen LogP contribution in [0.15, 0.2) is 24.3 Å². The monoisotopic (exact) mass is 254 g/mol. The third kappa shape index (κ3) is 3.01. The Labute approximate surface area is 108 Å². The normalized spacial score (nSPS) is 29.2. The highest BCUT2D eigenvalue weighted by atomic mass is 35.5. The lowest BCUT2D eigenvalue weighted by Gasteiger charge is -2.37. The van der Waals surface area contributed by atoms with Crippen molar-refractivity contribution >= 4 is 11.6 Å². The van der Waals surface area contributed by atoms with Gasteiger partial charge in [-0.3, -0.25) is 0 Å². The minimum Gasteiger partial charge on any atom is -0.385 e. The van der Waals surface area contributed by atoms with Crippen molar-refractivity contribution in [3.63, 3.8) is 0 Å². The Morgan fingerprint density at radius 1 is 1.41 bits per heavy atom. The molecule has 1 heterocycles. The Bertz CT molecular complexity index is 361. The van der Waals surface area contributed by atoms with Crippen molar-refractivity contribution in [1.82, 2.24) is 0 Å². The molecule has 1 saturated heterocycles. The summed E-state index contributed by atoms with van der Waals surface area (Å²) in [5.41, 5.74) is 0.203. The number of aliphatic hydroxyl groups is 1. The van der Waals surface area contributed by atoms with Crippen LogP contribution in [0.5, 0.6) is 0 Å². The van der Waals surface area contributed by atoms with Crippen LogP contribution in [0.1, 0.15) is 38.2 Å². The second-order valence-corrected chi connectivity index (χ2v) is 5.21. The molecule has 0 spiro atoms. The highest BCUT2D eigenvalue weighted by Gasteiger charge is 2.36. The largest absolute Gasteiger partial charge is 0.385 e. The summed E-state index contributed by atoms with van der Waals surface area (Å²) in [7, 11) is 0. The van der Waals surface area contributed by atoms with Crippen molar-refractivity contribution in [2.24, 2.45) is 0 Å². The molecular weight excluding hydrogens is 236 g/mol. The second-order valence-electron chi connectivity index (χ2n) is 4.77. The molecule has 0 saturated carbocycles. The Hall–Kier alpha value is -0.570. The highest BCUT2D eigenvalue weighted by Crippen LogP contribution is 2.36. The molecule has 1 aliphatic heterocycles. The first-order valence-electron chi connectivity index (χ1n) is 6.24. The van der Waals surface area contributed by atoms with Gasteiger partial charge < -0.3 is 9.84 Å². The van der Waals surface area contributed by atoms with Gasteiger partial charge in [0.15, 0.2) is 0 Å². The van der Waals surface area contributed by atoms with E-state index in [1.807, 2.05) is 24.3 Å². The van der Waals surface area contributed by atoms with Gasteiger partial charge in [-0.15, -0.1) is 0 Å². The van der Waals surface area contributed by atoms with Gasteiger partial charge in [-0.2, -0.15) is 0 Å². The van der Waals surface area contributed by atoms with E-state index in [-0.39, 0.29) is 6.10 Å². The highest BCUT2D eigenvalue weighted by molar-refractivity contribution is 6.30. The van der Waals surface area contributed by atoms with Gasteiger partial charge in [-0.05, 0) is 24.1 Å². The molecule has 0 aromatic heterocycles. The van der Waals surface area contributed by atoms with Gasteiger partial charge in [0.2, 0.25) is 0 Å². The van der Waals surface area contributed by atoms with Gasteiger partial charge in [0.05, 0.1) is 18.3 Å². The van der Waals surface area contributed by atoms with Crippen LogP contribution in [-0.4, -0.2) is 17.8 Å². The van der Waals surface area contributed by atoms with E-state index in [1.165, 1.54) is 0 Å². The van der Waals surface area contributed by atoms with E-state index < -0.39 is 5.60 Å². The lowest BCUT2D eigenvalue weighted by atomic mass is 9.83. The van der Waals surface area contributed by atoms with Crippen molar-refractivity contribution in [3.8, 4) is 0 Å². The zero-order chi connectivity index (χ0) is 12.3. The number of hydrogen-bond donors (Lipinski definition) is 1. The summed E-state index contributed by atoms with van der Waals surface area (Å²) in [5, 5.41) is 11.4. The molecule has 2 rings (SSSR count). The molecular formula is C14H19ClO2. The molecule has 2 nitrogen and oxygen atoms in total. The van der Waals surface area contributed by atoms with E-state index in [2.05, 4.69) is 6.92 Å². The number of benzene rings is 1. The van der Waals surface area contributed by atoms with Crippen LogP contribution in [0, 0.1) is 0 Å². The van der Waals surface area contributed by atoms with Crippen LogP contribution in [0.2, 0.25) is 5.02 Å². The van der Waals surface area contributed by atoms with Crippen molar-refractivity contribution in [3.05, 3.63) is 34.9 Å². The summed E-state index contributed by atoms with van der Waals surface area (Å²) in [6.07, 6.45) is 3.61. The van der Waals surface area contributed by atoms with E-state index in [4.69, 9.17) is 16.3 Å². The second kappa shape index (κ2) is 5.38. The van der Waals surface area contributed by atoms with Crippen LogP contribution in [0.3, 0.4) is 0 Å². The van der Waals surface area contributed by atoms with E-state index >= 15 is 0 Å². The maximum absolute atomic E-state index is 10.7. The first-order chi connectivity index (χ1) is 8.14. The molecule has 3 heteroatoms. The van der Waals surface area contributed by atoms with E-state index in [0.717, 1.165) is 18.4 Å². The fraction of sp³-hybridized carbons (Fsp3) is 0.571. The van der Waals surface area contributed by atoms with Gasteiger partial charge >= 0.3 is 0 Å². The van der Waals surface area contributed by atoms with Crippen molar-refractivity contribution in [2.45, 2.75) is 44.3 Å². The molecule has 0 amide bonds. The summed E-state index contributed by atoms with van der Waals surface area (Å²) in [6.45, 7) is 2.77. The van der Waals surface area contributed by atoms with Crippen LogP contribution >= 0.6 is 11.6 Å². The lowest BCUT2D eigenvalue weighted by molar-refractivity contribution is -0.110. The minimum atomic E-state index is -0.747. The van der Waals surface area contributed by atoms with Crippen molar-refractivity contribution in [2.75, 3.05) is 6.61 Å². The molecule has 1 N–H and O–H groups in total. The Morgan fingerprint density at radius 2 is 2.12 bits per heavy atom. The third-order valence-corrected chi connectivity index (χ3v) is 3.68. The fourth-order valence-electron chi connectivity index (χ4n) is 2.46. The molecule has 1 aliphatic rings. The molecule has 94 valence electrons. The lowest BCUT2D eigenvalue weighted by Crippen LogP contribution is -2.38. The molecule has 2 atom stereocenters. The molecule has 0 radical (unpaired) electrons. The van der Waals surface area contributed by atoms with E-state index in [9.17, 15) is 5.11 Å². The summed E-state index contributed by atoms with van der Waals surface area (Å²) in [4.78, 5) is 0. The summed E-state index contributed by atoms with van der Waals surface area (Å²) in [6, 6.07) is 7.49. The maximum atomic E-state index is 10.7. The van der Waals surface area contributed by atoms with Crippen molar-refractivity contribution < 1.29 is 9.84 Å². The zero-order valence-corrected chi connectivity index (χ0v) is 10.9. The van der Waals surface area contributed by atoms with Gasteiger partial charge in [0.25, 0.3) is 0 Å². The Balaban J connectivity index is 2.14. The standard InChI is InChI=1S/C14H19ClO2/c1-2-3-13-10-14(16,8-9-17-13)11-4-6-12(15)7-5-11/h4-7,13,16H,2-3,8-10H2,1H3. The fourth-order valence-corrected chi connectivity index (χ4v) is 2.59. The van der Waals surface area contributed by atoms with Gasteiger partial charge in [-0.1, -0.05) is 37.1 Å².